The van der Waals surface area contributed by atoms with Crippen LogP contribution in [0.3, 0.4) is 0 Å². The number of hydrogen-bond acceptors (Lipinski definition) is 4. The second-order valence-electron chi connectivity index (χ2n) is 3.75. The quantitative estimate of drug-likeness (QED) is 0.620. The molecule has 0 saturated carbocycles. The predicted octanol–water partition coefficient (Wildman–Crippen LogP) is 0.204. The van der Waals surface area contributed by atoms with Crippen molar-refractivity contribution in [1.29, 1.82) is 0 Å². The minimum Gasteiger partial charge on any atom is -0.376 e. The van der Waals surface area contributed by atoms with Crippen LogP contribution in [-0.2, 0) is 18.9 Å². The summed E-state index contributed by atoms with van der Waals surface area (Å²) in [6.45, 7) is 3.22. The van der Waals surface area contributed by atoms with Gasteiger partial charge in [0.25, 0.3) is 0 Å². The molecule has 13 heavy (non-hydrogen) atoms. The van der Waals surface area contributed by atoms with E-state index in [2.05, 4.69) is 0 Å². The van der Waals surface area contributed by atoms with Crippen molar-refractivity contribution < 1.29 is 18.9 Å². The summed E-state index contributed by atoms with van der Waals surface area (Å²) in [5, 5.41) is 0. The summed E-state index contributed by atoms with van der Waals surface area (Å²) in [6.07, 6.45) is 0.0882. The van der Waals surface area contributed by atoms with Gasteiger partial charge in [0, 0.05) is 14.2 Å². The summed E-state index contributed by atoms with van der Waals surface area (Å²) in [4.78, 5) is 0. The van der Waals surface area contributed by atoms with Crippen molar-refractivity contribution in [3.63, 3.8) is 0 Å². The minimum atomic E-state index is -0.324. The molecule has 4 heteroatoms. The van der Waals surface area contributed by atoms with Crippen molar-refractivity contribution in [1.82, 2.24) is 0 Å². The molecule has 4 nitrogen and oxygen atoms in total. The summed E-state index contributed by atoms with van der Waals surface area (Å²) in [5.41, 5.74) is -0.324. The van der Waals surface area contributed by atoms with E-state index in [1.165, 1.54) is 0 Å². The van der Waals surface area contributed by atoms with Crippen molar-refractivity contribution in [3.8, 4) is 0 Å². The third-order valence-electron chi connectivity index (χ3n) is 3.11. The molecule has 2 heterocycles. The summed E-state index contributed by atoms with van der Waals surface area (Å²) >= 11 is 0. The fourth-order valence-electron chi connectivity index (χ4n) is 2.20. The molecule has 0 aromatic heterocycles. The minimum absolute atomic E-state index is 0.0162. The van der Waals surface area contributed by atoms with Crippen LogP contribution in [0.2, 0.25) is 0 Å². The molecule has 0 aliphatic carbocycles. The maximum atomic E-state index is 5.70. The van der Waals surface area contributed by atoms with Gasteiger partial charge in [0.15, 0.2) is 0 Å². The topological polar surface area (TPSA) is 36.9 Å². The van der Waals surface area contributed by atoms with Crippen LogP contribution in [-0.4, -0.2) is 51.3 Å². The summed E-state index contributed by atoms with van der Waals surface area (Å²) in [7, 11) is 3.37. The second kappa shape index (κ2) is 3.20. The molecule has 0 aromatic carbocycles. The molecule has 2 aliphatic rings. The Labute approximate surface area is 78.1 Å². The first kappa shape index (κ1) is 9.40. The van der Waals surface area contributed by atoms with Gasteiger partial charge in [-0.1, -0.05) is 0 Å². The highest BCUT2D eigenvalue weighted by Crippen LogP contribution is 2.39. The lowest BCUT2D eigenvalue weighted by Gasteiger charge is -2.27. The first-order chi connectivity index (χ1) is 6.22. The molecule has 2 fully saturated rings. The number of fused-ring (bicyclic) bond motifs is 1. The molecule has 0 spiro atoms. The highest BCUT2D eigenvalue weighted by molar-refractivity contribution is 5.05. The van der Waals surface area contributed by atoms with E-state index in [1.54, 1.807) is 14.2 Å². The van der Waals surface area contributed by atoms with Gasteiger partial charge in [-0.05, 0) is 6.92 Å². The molecule has 0 radical (unpaired) electrons. The number of ether oxygens (including phenoxy) is 4. The number of hydrogen-bond donors (Lipinski definition) is 0. The van der Waals surface area contributed by atoms with Crippen molar-refractivity contribution in [2.75, 3.05) is 27.4 Å². The van der Waals surface area contributed by atoms with E-state index in [4.69, 9.17) is 18.9 Å². The van der Waals surface area contributed by atoms with Crippen LogP contribution >= 0.6 is 0 Å². The van der Waals surface area contributed by atoms with Crippen LogP contribution in [0.4, 0.5) is 0 Å². The van der Waals surface area contributed by atoms with E-state index in [1.807, 2.05) is 6.92 Å². The Balaban J connectivity index is 2.15. The number of rotatable bonds is 2. The van der Waals surface area contributed by atoms with E-state index >= 15 is 0 Å². The third-order valence-corrected chi connectivity index (χ3v) is 3.11. The van der Waals surface area contributed by atoms with Gasteiger partial charge < -0.3 is 18.9 Å². The van der Waals surface area contributed by atoms with Crippen molar-refractivity contribution in [3.05, 3.63) is 0 Å². The van der Waals surface area contributed by atoms with E-state index in [0.29, 0.717) is 13.2 Å². The van der Waals surface area contributed by atoms with Crippen LogP contribution in [0.5, 0.6) is 0 Å². The molecule has 2 saturated heterocycles. The SMILES string of the molecule is COC1CO[C@]2(C)C(OC)CO[C@H]12. The molecule has 2 aliphatic heterocycles. The van der Waals surface area contributed by atoms with Crippen LogP contribution in [0.1, 0.15) is 6.92 Å². The molecular formula is C9H16O4. The average molecular weight is 188 g/mol. The van der Waals surface area contributed by atoms with Crippen molar-refractivity contribution in [2.24, 2.45) is 0 Å². The Hall–Kier alpha value is -0.160. The molecule has 2 unspecified atom stereocenters. The standard InChI is InChI=1S/C9H16O4/c1-9-7(11-3)5-12-8(9)6(10-2)4-13-9/h6-8H,4-5H2,1-3H3/t6?,7?,8-,9-/m1/s1. The maximum absolute atomic E-state index is 5.70. The molecule has 0 aromatic rings. The van der Waals surface area contributed by atoms with Gasteiger partial charge in [-0.25, -0.2) is 0 Å². The first-order valence-electron chi connectivity index (χ1n) is 4.53. The first-order valence-corrected chi connectivity index (χ1v) is 4.53. The normalized spacial score (nSPS) is 49.6. The fraction of sp³-hybridized carbons (Fsp3) is 1.00. The summed E-state index contributed by atoms with van der Waals surface area (Å²) in [6, 6.07) is 0. The zero-order valence-electron chi connectivity index (χ0n) is 8.28. The number of methoxy groups -OCH3 is 2. The van der Waals surface area contributed by atoms with Gasteiger partial charge in [-0.2, -0.15) is 0 Å². The Bertz CT molecular complexity index is 196. The largest absolute Gasteiger partial charge is 0.376 e. The van der Waals surface area contributed by atoms with E-state index in [-0.39, 0.29) is 23.9 Å². The van der Waals surface area contributed by atoms with E-state index in [9.17, 15) is 0 Å². The molecule has 4 atom stereocenters. The lowest BCUT2D eigenvalue weighted by molar-refractivity contribution is -0.0774. The monoisotopic (exact) mass is 188 g/mol. The van der Waals surface area contributed by atoms with Gasteiger partial charge in [-0.15, -0.1) is 0 Å². The highest BCUT2D eigenvalue weighted by Gasteiger charge is 2.57. The van der Waals surface area contributed by atoms with Gasteiger partial charge in [0.1, 0.15) is 23.9 Å². The van der Waals surface area contributed by atoms with Gasteiger partial charge in [0.2, 0.25) is 0 Å². The lowest BCUT2D eigenvalue weighted by atomic mass is 9.95. The Morgan fingerprint density at radius 1 is 1.23 bits per heavy atom. The molecule has 0 amide bonds. The fourth-order valence-corrected chi connectivity index (χ4v) is 2.20. The molecule has 0 bridgehead atoms. The van der Waals surface area contributed by atoms with Crippen LogP contribution < -0.4 is 0 Å². The van der Waals surface area contributed by atoms with Gasteiger partial charge in [-0.3, -0.25) is 0 Å². The van der Waals surface area contributed by atoms with Crippen molar-refractivity contribution >= 4 is 0 Å². The molecular weight excluding hydrogens is 172 g/mol. The molecule has 2 rings (SSSR count). The second-order valence-corrected chi connectivity index (χ2v) is 3.75. The van der Waals surface area contributed by atoms with Crippen LogP contribution in [0, 0.1) is 0 Å². The zero-order valence-corrected chi connectivity index (χ0v) is 8.28. The Morgan fingerprint density at radius 3 is 2.62 bits per heavy atom. The van der Waals surface area contributed by atoms with Gasteiger partial charge >= 0.3 is 0 Å². The Morgan fingerprint density at radius 2 is 2.00 bits per heavy atom. The van der Waals surface area contributed by atoms with Crippen LogP contribution in [0.25, 0.3) is 0 Å². The van der Waals surface area contributed by atoms with Crippen molar-refractivity contribution in [2.45, 2.75) is 30.8 Å². The predicted molar refractivity (Wildman–Crippen MR) is 45.7 cm³/mol. The maximum Gasteiger partial charge on any atom is 0.122 e. The van der Waals surface area contributed by atoms with Gasteiger partial charge in [0.05, 0.1) is 13.2 Å². The summed E-state index contributed by atoms with van der Waals surface area (Å²) in [5.74, 6) is 0. The van der Waals surface area contributed by atoms with Crippen LogP contribution in [0.15, 0.2) is 0 Å². The highest BCUT2D eigenvalue weighted by atomic mass is 16.6. The zero-order chi connectivity index (χ0) is 9.47. The summed E-state index contributed by atoms with van der Waals surface area (Å²) < 4.78 is 21.9. The third kappa shape index (κ3) is 1.21. The average Bonchev–Trinajstić information content (AvgIpc) is 2.59. The smallest absolute Gasteiger partial charge is 0.122 e. The molecule has 0 N–H and O–H groups in total. The van der Waals surface area contributed by atoms with E-state index < -0.39 is 0 Å². The lowest BCUT2D eigenvalue weighted by Crippen LogP contribution is -2.45. The Kier molecular flexibility index (Phi) is 2.32. The molecule has 76 valence electrons. The van der Waals surface area contributed by atoms with E-state index in [0.717, 1.165) is 0 Å².